The summed E-state index contributed by atoms with van der Waals surface area (Å²) >= 11 is 0. The van der Waals surface area contributed by atoms with Crippen molar-refractivity contribution in [1.29, 1.82) is 0 Å². The predicted molar refractivity (Wildman–Crippen MR) is 57.8 cm³/mol. The molecule has 7 nitrogen and oxygen atoms in total. The maximum Gasteiger partial charge on any atom is 0.162 e. The first-order valence-corrected chi connectivity index (χ1v) is 5.57. The Morgan fingerprint density at radius 3 is 2.18 bits per heavy atom. The Balaban J connectivity index is 2.84. The number of aliphatic hydroxyl groups excluding tert-OH is 4. The molecule has 4 N–H and O–H groups in total. The minimum Gasteiger partial charge on any atom is -0.394 e. The van der Waals surface area contributed by atoms with Crippen LogP contribution in [0.1, 0.15) is 13.8 Å². The smallest absolute Gasteiger partial charge is 0.162 e. The molecule has 0 bridgehead atoms. The van der Waals surface area contributed by atoms with E-state index in [2.05, 4.69) is 0 Å². The number of rotatable bonds is 4. The molecule has 0 aromatic carbocycles. The van der Waals surface area contributed by atoms with Crippen LogP contribution in [0.2, 0.25) is 0 Å². The fraction of sp³-hybridized carbons (Fsp3) is 1.00. The Labute approximate surface area is 100 Å². The van der Waals surface area contributed by atoms with Crippen LogP contribution in [-0.2, 0) is 9.57 Å². The van der Waals surface area contributed by atoms with E-state index >= 15 is 0 Å². The van der Waals surface area contributed by atoms with Crippen LogP contribution in [0.4, 0.5) is 0 Å². The van der Waals surface area contributed by atoms with Gasteiger partial charge in [0, 0.05) is 6.04 Å². The highest BCUT2D eigenvalue weighted by molar-refractivity contribution is 4.91. The Hall–Kier alpha value is -0.280. The zero-order chi connectivity index (χ0) is 13.2. The average Bonchev–Trinajstić information content (AvgIpc) is 2.29. The number of nitrogens with zero attached hydrogens (tertiary/aromatic N) is 1. The minimum atomic E-state index is -1.39. The lowest BCUT2D eigenvalue weighted by Crippen LogP contribution is -2.63. The van der Waals surface area contributed by atoms with Crippen LogP contribution in [-0.4, -0.2) is 75.9 Å². The van der Waals surface area contributed by atoms with Gasteiger partial charge in [-0.2, -0.15) is 5.06 Å². The summed E-state index contributed by atoms with van der Waals surface area (Å²) in [5, 5.41) is 39.5. The Morgan fingerprint density at radius 1 is 1.18 bits per heavy atom. The molecule has 1 aliphatic rings. The highest BCUT2D eigenvalue weighted by Crippen LogP contribution is 2.24. The molecule has 0 amide bonds. The zero-order valence-electron chi connectivity index (χ0n) is 10.2. The van der Waals surface area contributed by atoms with Crippen molar-refractivity contribution in [2.75, 3.05) is 13.7 Å². The van der Waals surface area contributed by atoms with Gasteiger partial charge >= 0.3 is 0 Å². The van der Waals surface area contributed by atoms with Gasteiger partial charge in [0.1, 0.15) is 24.4 Å². The van der Waals surface area contributed by atoms with Gasteiger partial charge in [-0.15, -0.1) is 0 Å². The maximum absolute atomic E-state index is 9.83. The molecule has 1 aliphatic heterocycles. The Bertz CT molecular complexity index is 237. The third-order valence-corrected chi connectivity index (χ3v) is 2.84. The van der Waals surface area contributed by atoms with E-state index in [9.17, 15) is 15.3 Å². The molecule has 102 valence electrons. The first-order chi connectivity index (χ1) is 7.93. The van der Waals surface area contributed by atoms with Crippen molar-refractivity contribution in [3.05, 3.63) is 0 Å². The Morgan fingerprint density at radius 2 is 1.76 bits per heavy atom. The summed E-state index contributed by atoms with van der Waals surface area (Å²) in [4.78, 5) is 5.07. The number of hydrogen-bond donors (Lipinski definition) is 4. The molecule has 1 heterocycles. The largest absolute Gasteiger partial charge is 0.394 e. The summed E-state index contributed by atoms with van der Waals surface area (Å²) in [6.07, 6.45) is -5.90. The summed E-state index contributed by atoms with van der Waals surface area (Å²) in [5.41, 5.74) is 0. The fourth-order valence-corrected chi connectivity index (χ4v) is 1.90. The molecule has 17 heavy (non-hydrogen) atoms. The number of hydrogen-bond acceptors (Lipinski definition) is 7. The van der Waals surface area contributed by atoms with Gasteiger partial charge in [0.15, 0.2) is 6.23 Å². The van der Waals surface area contributed by atoms with E-state index in [-0.39, 0.29) is 6.04 Å². The molecule has 0 radical (unpaired) electrons. The lowest BCUT2D eigenvalue weighted by atomic mass is 9.98. The molecular formula is C10H21NO6. The molecule has 1 rings (SSSR count). The monoisotopic (exact) mass is 251 g/mol. The highest BCUT2D eigenvalue weighted by Gasteiger charge is 2.46. The van der Waals surface area contributed by atoms with E-state index in [1.165, 1.54) is 12.2 Å². The lowest BCUT2D eigenvalue weighted by Gasteiger charge is -2.44. The summed E-state index contributed by atoms with van der Waals surface area (Å²) in [6.45, 7) is 3.20. The van der Waals surface area contributed by atoms with Crippen molar-refractivity contribution >= 4 is 0 Å². The number of ether oxygens (including phenoxy) is 1. The molecule has 7 heteroatoms. The van der Waals surface area contributed by atoms with Gasteiger partial charge in [0.05, 0.1) is 13.7 Å². The second-order valence-corrected chi connectivity index (χ2v) is 4.36. The van der Waals surface area contributed by atoms with Gasteiger partial charge in [-0.25, -0.2) is 0 Å². The van der Waals surface area contributed by atoms with Crippen LogP contribution in [0.15, 0.2) is 0 Å². The second kappa shape index (κ2) is 6.05. The van der Waals surface area contributed by atoms with E-state index in [4.69, 9.17) is 14.7 Å². The van der Waals surface area contributed by atoms with Crippen molar-refractivity contribution < 1.29 is 30.0 Å². The third kappa shape index (κ3) is 2.94. The van der Waals surface area contributed by atoms with Gasteiger partial charge in [-0.05, 0) is 13.8 Å². The summed E-state index contributed by atoms with van der Waals surface area (Å²) in [6, 6.07) is -0.0959. The standard InChI is InChI=1S/C10H21NO6/c1-5(2)11(16-3)10-9(15)8(14)7(13)6(4-12)17-10/h5-10,12-15H,4H2,1-3H3/t6?,7-,8+,9?,10+/m0/s1. The van der Waals surface area contributed by atoms with Gasteiger partial charge < -0.3 is 25.2 Å². The van der Waals surface area contributed by atoms with Crippen LogP contribution < -0.4 is 0 Å². The number of hydroxylamine groups is 2. The fourth-order valence-electron chi connectivity index (χ4n) is 1.90. The third-order valence-electron chi connectivity index (χ3n) is 2.84. The maximum atomic E-state index is 9.83. The van der Waals surface area contributed by atoms with Crippen LogP contribution in [0.3, 0.4) is 0 Å². The summed E-state index contributed by atoms with van der Waals surface area (Å²) < 4.78 is 5.34. The quantitative estimate of drug-likeness (QED) is 0.431. The van der Waals surface area contributed by atoms with Crippen LogP contribution in [0.25, 0.3) is 0 Å². The van der Waals surface area contributed by atoms with Crippen molar-refractivity contribution in [2.45, 2.75) is 50.5 Å². The molecule has 0 saturated carbocycles. The van der Waals surface area contributed by atoms with Crippen LogP contribution >= 0.6 is 0 Å². The van der Waals surface area contributed by atoms with Crippen molar-refractivity contribution in [3.8, 4) is 0 Å². The van der Waals surface area contributed by atoms with Crippen LogP contribution in [0, 0.1) is 0 Å². The predicted octanol–water partition coefficient (Wildman–Crippen LogP) is -1.94. The summed E-state index contributed by atoms with van der Waals surface area (Å²) in [5.74, 6) is 0. The molecule has 1 saturated heterocycles. The average molecular weight is 251 g/mol. The van der Waals surface area contributed by atoms with Gasteiger partial charge in [0.25, 0.3) is 0 Å². The molecule has 5 atom stereocenters. The lowest BCUT2D eigenvalue weighted by molar-refractivity contribution is -0.336. The molecular weight excluding hydrogens is 230 g/mol. The molecule has 0 spiro atoms. The van der Waals surface area contributed by atoms with Crippen LogP contribution in [0.5, 0.6) is 0 Å². The molecule has 1 fully saturated rings. The minimum absolute atomic E-state index is 0.0959. The van der Waals surface area contributed by atoms with Gasteiger partial charge in [-0.3, -0.25) is 4.84 Å². The van der Waals surface area contributed by atoms with E-state index in [1.807, 2.05) is 13.8 Å². The topological polar surface area (TPSA) is 103 Å². The zero-order valence-corrected chi connectivity index (χ0v) is 10.2. The van der Waals surface area contributed by atoms with E-state index in [1.54, 1.807) is 0 Å². The molecule has 0 aromatic heterocycles. The van der Waals surface area contributed by atoms with E-state index in [0.717, 1.165) is 0 Å². The van der Waals surface area contributed by atoms with E-state index in [0.29, 0.717) is 0 Å². The molecule has 0 aliphatic carbocycles. The number of aliphatic hydroxyl groups is 4. The molecule has 2 unspecified atom stereocenters. The Kier molecular flexibility index (Phi) is 5.26. The first kappa shape index (κ1) is 14.8. The van der Waals surface area contributed by atoms with Crippen molar-refractivity contribution in [2.24, 2.45) is 0 Å². The van der Waals surface area contributed by atoms with Gasteiger partial charge in [0.2, 0.25) is 0 Å². The van der Waals surface area contributed by atoms with Crippen molar-refractivity contribution in [3.63, 3.8) is 0 Å². The molecule has 0 aromatic rings. The van der Waals surface area contributed by atoms with Crippen molar-refractivity contribution in [1.82, 2.24) is 5.06 Å². The summed E-state index contributed by atoms with van der Waals surface area (Å²) in [7, 11) is 1.42. The van der Waals surface area contributed by atoms with E-state index < -0.39 is 37.3 Å². The highest BCUT2D eigenvalue weighted by atomic mass is 16.7. The first-order valence-electron chi connectivity index (χ1n) is 5.57. The second-order valence-electron chi connectivity index (χ2n) is 4.36. The van der Waals surface area contributed by atoms with Gasteiger partial charge in [-0.1, -0.05) is 0 Å². The normalized spacial score (nSPS) is 39.0. The SMILES string of the molecule is CON(C(C)C)[C@@H]1OC(CO)[C@H](O)[C@@H](O)C1O.